The minimum Gasteiger partial charge on any atom is -0.493 e. The summed E-state index contributed by atoms with van der Waals surface area (Å²) >= 11 is 1.91. The SMILES string of the molecule is CC(C)CCSCCOc1ccc(C(=O)NN)cc1. The largest absolute Gasteiger partial charge is 0.493 e. The van der Waals surface area contributed by atoms with E-state index in [9.17, 15) is 4.79 Å². The summed E-state index contributed by atoms with van der Waals surface area (Å²) in [5.74, 6) is 8.46. The van der Waals surface area contributed by atoms with Crippen molar-refractivity contribution in [1.29, 1.82) is 0 Å². The smallest absolute Gasteiger partial charge is 0.265 e. The van der Waals surface area contributed by atoms with Crippen LogP contribution in [0.2, 0.25) is 0 Å². The Labute approximate surface area is 119 Å². The summed E-state index contributed by atoms with van der Waals surface area (Å²) in [6.45, 7) is 5.15. The summed E-state index contributed by atoms with van der Waals surface area (Å²) in [4.78, 5) is 11.2. The molecule has 5 heteroatoms. The molecule has 0 spiro atoms. The van der Waals surface area contributed by atoms with Crippen molar-refractivity contribution in [2.75, 3.05) is 18.1 Å². The van der Waals surface area contributed by atoms with Crippen LogP contribution in [0.15, 0.2) is 24.3 Å². The molecule has 106 valence electrons. The minimum absolute atomic E-state index is 0.296. The number of carbonyl (C=O) groups excluding carboxylic acids is 1. The molecule has 0 aliphatic carbocycles. The molecule has 0 radical (unpaired) electrons. The van der Waals surface area contributed by atoms with Gasteiger partial charge in [-0.1, -0.05) is 13.8 Å². The van der Waals surface area contributed by atoms with Gasteiger partial charge in [-0.2, -0.15) is 11.8 Å². The summed E-state index contributed by atoms with van der Waals surface area (Å²) in [6, 6.07) is 6.96. The maximum absolute atomic E-state index is 11.2. The van der Waals surface area contributed by atoms with E-state index in [-0.39, 0.29) is 5.91 Å². The molecule has 0 aliphatic rings. The number of nitrogens with one attached hydrogen (secondary N) is 1. The fourth-order valence-electron chi connectivity index (χ4n) is 1.43. The number of hydrazine groups is 1. The van der Waals surface area contributed by atoms with Gasteiger partial charge in [0.25, 0.3) is 5.91 Å². The molecule has 0 atom stereocenters. The molecule has 1 rings (SSSR count). The first-order valence-electron chi connectivity index (χ1n) is 6.45. The quantitative estimate of drug-likeness (QED) is 0.333. The van der Waals surface area contributed by atoms with Gasteiger partial charge in [0.05, 0.1) is 6.61 Å². The summed E-state index contributed by atoms with van der Waals surface area (Å²) in [5, 5.41) is 0. The Morgan fingerprint density at radius 3 is 2.58 bits per heavy atom. The number of thioether (sulfide) groups is 1. The summed E-state index contributed by atoms with van der Waals surface area (Å²) < 4.78 is 5.60. The monoisotopic (exact) mass is 282 g/mol. The zero-order chi connectivity index (χ0) is 14.1. The van der Waals surface area contributed by atoms with Gasteiger partial charge in [0.2, 0.25) is 0 Å². The van der Waals surface area contributed by atoms with Crippen molar-refractivity contribution in [2.45, 2.75) is 20.3 Å². The summed E-state index contributed by atoms with van der Waals surface area (Å²) in [5.41, 5.74) is 2.62. The Bertz CT molecular complexity index is 380. The third-order valence-electron chi connectivity index (χ3n) is 2.58. The molecular weight excluding hydrogens is 260 g/mol. The minimum atomic E-state index is -0.296. The van der Waals surface area contributed by atoms with Crippen molar-refractivity contribution in [3.8, 4) is 5.75 Å². The maximum Gasteiger partial charge on any atom is 0.265 e. The van der Waals surface area contributed by atoms with Crippen LogP contribution in [-0.4, -0.2) is 24.0 Å². The van der Waals surface area contributed by atoms with Crippen LogP contribution >= 0.6 is 11.8 Å². The highest BCUT2D eigenvalue weighted by Crippen LogP contribution is 2.13. The summed E-state index contributed by atoms with van der Waals surface area (Å²) in [6.07, 6.45) is 1.24. The Balaban J connectivity index is 2.21. The van der Waals surface area contributed by atoms with Crippen LogP contribution in [0, 0.1) is 5.92 Å². The molecule has 3 N–H and O–H groups in total. The van der Waals surface area contributed by atoms with E-state index in [1.54, 1.807) is 24.3 Å². The van der Waals surface area contributed by atoms with Crippen LogP contribution in [0.25, 0.3) is 0 Å². The predicted molar refractivity (Wildman–Crippen MR) is 80.4 cm³/mol. The van der Waals surface area contributed by atoms with E-state index < -0.39 is 0 Å². The van der Waals surface area contributed by atoms with E-state index in [1.165, 1.54) is 12.2 Å². The number of amides is 1. The van der Waals surface area contributed by atoms with E-state index in [0.717, 1.165) is 17.4 Å². The van der Waals surface area contributed by atoms with Crippen LogP contribution in [0.3, 0.4) is 0 Å². The molecular formula is C14H22N2O2S. The lowest BCUT2D eigenvalue weighted by atomic mass is 10.2. The second-order valence-electron chi connectivity index (χ2n) is 4.64. The number of hydrogen-bond acceptors (Lipinski definition) is 4. The highest BCUT2D eigenvalue weighted by Gasteiger charge is 2.02. The van der Waals surface area contributed by atoms with Crippen molar-refractivity contribution in [3.05, 3.63) is 29.8 Å². The first kappa shape index (κ1) is 15.9. The van der Waals surface area contributed by atoms with E-state index >= 15 is 0 Å². The molecule has 0 aromatic heterocycles. The maximum atomic E-state index is 11.2. The number of nitrogen functional groups attached to an aromatic ring is 1. The molecule has 1 aromatic rings. The van der Waals surface area contributed by atoms with Crippen molar-refractivity contribution >= 4 is 17.7 Å². The highest BCUT2D eigenvalue weighted by atomic mass is 32.2. The first-order chi connectivity index (χ1) is 9.13. The Morgan fingerprint density at radius 2 is 2.00 bits per heavy atom. The van der Waals surface area contributed by atoms with E-state index in [4.69, 9.17) is 10.6 Å². The molecule has 4 nitrogen and oxygen atoms in total. The van der Waals surface area contributed by atoms with Crippen LogP contribution in [-0.2, 0) is 0 Å². The van der Waals surface area contributed by atoms with Crippen molar-refractivity contribution < 1.29 is 9.53 Å². The number of carbonyl (C=O) groups is 1. The number of hydrogen-bond donors (Lipinski definition) is 2. The van der Waals surface area contributed by atoms with Gasteiger partial charge in [-0.25, -0.2) is 5.84 Å². The van der Waals surface area contributed by atoms with Gasteiger partial charge in [0, 0.05) is 11.3 Å². The molecule has 0 saturated heterocycles. The van der Waals surface area contributed by atoms with Gasteiger partial charge in [0.15, 0.2) is 0 Å². The third-order valence-corrected chi connectivity index (χ3v) is 3.56. The predicted octanol–water partition coefficient (Wildman–Crippen LogP) is 2.45. The zero-order valence-electron chi connectivity index (χ0n) is 11.5. The van der Waals surface area contributed by atoms with Gasteiger partial charge in [0.1, 0.15) is 5.75 Å². The van der Waals surface area contributed by atoms with Gasteiger partial charge < -0.3 is 4.74 Å². The van der Waals surface area contributed by atoms with Gasteiger partial charge in [-0.3, -0.25) is 10.2 Å². The van der Waals surface area contributed by atoms with E-state index in [0.29, 0.717) is 12.2 Å². The number of benzene rings is 1. The van der Waals surface area contributed by atoms with E-state index in [1.807, 2.05) is 11.8 Å². The fraction of sp³-hybridized carbons (Fsp3) is 0.500. The normalized spacial score (nSPS) is 10.5. The van der Waals surface area contributed by atoms with Crippen molar-refractivity contribution in [2.24, 2.45) is 11.8 Å². The van der Waals surface area contributed by atoms with Crippen molar-refractivity contribution in [1.82, 2.24) is 5.43 Å². The molecule has 1 amide bonds. The Kier molecular flexibility index (Phi) is 7.36. The number of nitrogens with two attached hydrogens (primary N) is 1. The molecule has 19 heavy (non-hydrogen) atoms. The molecule has 0 aliphatic heterocycles. The van der Waals surface area contributed by atoms with Crippen LogP contribution in [0.1, 0.15) is 30.6 Å². The highest BCUT2D eigenvalue weighted by molar-refractivity contribution is 7.99. The third kappa shape index (κ3) is 6.50. The fourth-order valence-corrected chi connectivity index (χ4v) is 2.47. The molecule has 0 bridgehead atoms. The van der Waals surface area contributed by atoms with Crippen molar-refractivity contribution in [3.63, 3.8) is 0 Å². The van der Waals surface area contributed by atoms with Crippen LogP contribution < -0.4 is 16.0 Å². The number of rotatable bonds is 8. The lowest BCUT2D eigenvalue weighted by Crippen LogP contribution is -2.29. The number of ether oxygens (including phenoxy) is 1. The Morgan fingerprint density at radius 1 is 1.32 bits per heavy atom. The van der Waals surface area contributed by atoms with Crippen LogP contribution in [0.4, 0.5) is 0 Å². The summed E-state index contributed by atoms with van der Waals surface area (Å²) in [7, 11) is 0. The lowest BCUT2D eigenvalue weighted by Gasteiger charge is -2.07. The molecule has 1 aromatic carbocycles. The second kappa shape index (κ2) is 8.82. The average Bonchev–Trinajstić information content (AvgIpc) is 2.42. The van der Waals surface area contributed by atoms with Gasteiger partial charge >= 0.3 is 0 Å². The second-order valence-corrected chi connectivity index (χ2v) is 5.87. The Hall–Kier alpha value is -1.20. The first-order valence-corrected chi connectivity index (χ1v) is 7.60. The van der Waals surface area contributed by atoms with Gasteiger partial charge in [-0.05, 0) is 42.4 Å². The standard InChI is InChI=1S/C14H22N2O2S/c1-11(2)7-9-19-10-8-18-13-5-3-12(4-6-13)14(17)16-15/h3-6,11H,7-10,15H2,1-2H3,(H,16,17). The molecule has 0 saturated carbocycles. The van der Waals surface area contributed by atoms with E-state index in [2.05, 4.69) is 19.3 Å². The molecule has 0 unspecified atom stereocenters. The average molecular weight is 282 g/mol. The topological polar surface area (TPSA) is 64.3 Å². The zero-order valence-corrected chi connectivity index (χ0v) is 12.3. The lowest BCUT2D eigenvalue weighted by molar-refractivity contribution is 0.0953. The molecule has 0 fully saturated rings. The molecule has 0 heterocycles. The van der Waals surface area contributed by atoms with Gasteiger partial charge in [-0.15, -0.1) is 0 Å². The van der Waals surface area contributed by atoms with Crippen LogP contribution in [0.5, 0.6) is 5.75 Å².